The van der Waals surface area contributed by atoms with E-state index in [4.69, 9.17) is 9.47 Å². The average Bonchev–Trinajstić information content (AvgIpc) is 2.81. The first-order valence-corrected chi connectivity index (χ1v) is 10.1. The van der Waals surface area contributed by atoms with E-state index in [0.717, 1.165) is 11.4 Å². The Hall–Kier alpha value is -3.42. The molecule has 31 heavy (non-hydrogen) atoms. The number of nitrogens with zero attached hydrogens (tertiary/aromatic N) is 2. The summed E-state index contributed by atoms with van der Waals surface area (Å²) >= 11 is 0. The van der Waals surface area contributed by atoms with Gasteiger partial charge in [-0.05, 0) is 48.5 Å². The highest BCUT2D eigenvalue weighted by Crippen LogP contribution is 2.20. The van der Waals surface area contributed by atoms with Gasteiger partial charge in [-0.15, -0.1) is 0 Å². The Balaban J connectivity index is 1.37. The van der Waals surface area contributed by atoms with E-state index in [9.17, 15) is 18.8 Å². The van der Waals surface area contributed by atoms with Crippen LogP contribution in [0, 0.1) is 5.82 Å². The summed E-state index contributed by atoms with van der Waals surface area (Å²) in [6.07, 6.45) is -0.187. The molecule has 0 N–H and O–H groups in total. The van der Waals surface area contributed by atoms with Crippen LogP contribution in [0.3, 0.4) is 0 Å². The summed E-state index contributed by atoms with van der Waals surface area (Å²) < 4.78 is 23.1. The first-order chi connectivity index (χ1) is 15.0. The summed E-state index contributed by atoms with van der Waals surface area (Å²) in [6.45, 7) is 2.08. The predicted molar refractivity (Wildman–Crippen MR) is 113 cm³/mol. The Morgan fingerprint density at radius 2 is 1.55 bits per heavy atom. The van der Waals surface area contributed by atoms with Gasteiger partial charge in [0, 0.05) is 43.9 Å². The molecule has 0 spiro atoms. The molecule has 0 bridgehead atoms. The Bertz CT molecular complexity index is 907. The van der Waals surface area contributed by atoms with Crippen LogP contribution in [-0.4, -0.2) is 62.5 Å². The lowest BCUT2D eigenvalue weighted by Crippen LogP contribution is -2.49. The molecule has 0 aromatic heterocycles. The maximum Gasteiger partial charge on any atom is 0.306 e. The fraction of sp³-hybridized carbons (Fsp3) is 0.348. The number of amides is 1. The highest BCUT2D eigenvalue weighted by Gasteiger charge is 2.22. The number of ketones is 1. The van der Waals surface area contributed by atoms with Crippen LogP contribution in [0.2, 0.25) is 0 Å². The molecule has 1 fully saturated rings. The number of carbonyl (C=O) groups excluding carboxylic acids is 3. The van der Waals surface area contributed by atoms with Crippen molar-refractivity contribution in [3.8, 4) is 5.75 Å². The first kappa shape index (κ1) is 22.3. The Morgan fingerprint density at radius 1 is 0.903 bits per heavy atom. The monoisotopic (exact) mass is 428 g/mol. The van der Waals surface area contributed by atoms with Crippen LogP contribution in [0.25, 0.3) is 0 Å². The van der Waals surface area contributed by atoms with Gasteiger partial charge in [0.25, 0.3) is 5.91 Å². The number of ether oxygens (including phenoxy) is 2. The highest BCUT2D eigenvalue weighted by atomic mass is 19.1. The number of esters is 1. The molecule has 1 aliphatic rings. The lowest BCUT2D eigenvalue weighted by Gasteiger charge is -2.36. The molecule has 7 nitrogen and oxygen atoms in total. The van der Waals surface area contributed by atoms with E-state index < -0.39 is 11.8 Å². The molecule has 0 atom stereocenters. The second kappa shape index (κ2) is 10.6. The van der Waals surface area contributed by atoms with Crippen molar-refractivity contribution in [3.05, 3.63) is 59.9 Å². The SMILES string of the molecule is COc1ccc(N2CCN(C(=O)COC(=O)CCC(=O)c3ccc(F)cc3)CC2)cc1. The van der Waals surface area contributed by atoms with E-state index in [2.05, 4.69) is 4.90 Å². The largest absolute Gasteiger partial charge is 0.497 e. The number of piperazine rings is 1. The van der Waals surface area contributed by atoms with E-state index in [1.54, 1.807) is 12.0 Å². The number of Topliss-reactive ketones (excluding diaryl/α,β-unsaturated/α-hetero) is 1. The molecule has 0 aliphatic carbocycles. The minimum Gasteiger partial charge on any atom is -0.497 e. The number of anilines is 1. The van der Waals surface area contributed by atoms with Crippen molar-refractivity contribution in [3.63, 3.8) is 0 Å². The van der Waals surface area contributed by atoms with E-state index in [-0.39, 0.29) is 31.1 Å². The number of halogens is 1. The van der Waals surface area contributed by atoms with Crippen LogP contribution in [0.4, 0.5) is 10.1 Å². The highest BCUT2D eigenvalue weighted by molar-refractivity contribution is 5.97. The van der Waals surface area contributed by atoms with Crippen LogP contribution < -0.4 is 9.64 Å². The lowest BCUT2D eigenvalue weighted by atomic mass is 10.1. The Labute approximate surface area is 180 Å². The third kappa shape index (κ3) is 6.28. The molecular weight excluding hydrogens is 403 g/mol. The number of rotatable bonds is 8. The molecular formula is C23H25FN2O5. The number of benzene rings is 2. The lowest BCUT2D eigenvalue weighted by molar-refractivity contribution is -0.152. The maximum absolute atomic E-state index is 12.9. The molecule has 0 saturated carbocycles. The summed E-state index contributed by atoms with van der Waals surface area (Å²) in [6, 6.07) is 12.9. The van der Waals surface area contributed by atoms with Crippen molar-refractivity contribution in [1.29, 1.82) is 0 Å². The number of methoxy groups -OCH3 is 1. The van der Waals surface area contributed by atoms with Crippen molar-refractivity contribution in [1.82, 2.24) is 4.90 Å². The summed E-state index contributed by atoms with van der Waals surface area (Å²) in [5.74, 6) is -0.788. The molecule has 8 heteroatoms. The standard InChI is InChI=1S/C23H25FN2O5/c1-30-20-8-6-19(7-9-20)25-12-14-26(15-13-25)22(28)16-31-23(29)11-10-21(27)17-2-4-18(24)5-3-17/h2-9H,10-16H2,1H3. The second-order valence-corrected chi connectivity index (χ2v) is 7.16. The summed E-state index contributed by atoms with van der Waals surface area (Å²) in [5.41, 5.74) is 1.39. The Morgan fingerprint density at radius 3 is 2.16 bits per heavy atom. The molecule has 0 unspecified atom stereocenters. The van der Waals surface area contributed by atoms with Gasteiger partial charge in [-0.1, -0.05) is 0 Å². The predicted octanol–water partition coefficient (Wildman–Crippen LogP) is 2.69. The van der Waals surface area contributed by atoms with Crippen LogP contribution in [0.15, 0.2) is 48.5 Å². The minimum absolute atomic E-state index is 0.0564. The van der Waals surface area contributed by atoms with E-state index >= 15 is 0 Å². The minimum atomic E-state index is -0.610. The van der Waals surface area contributed by atoms with Gasteiger partial charge in [-0.3, -0.25) is 14.4 Å². The third-order valence-electron chi connectivity index (χ3n) is 5.15. The number of hydrogen-bond acceptors (Lipinski definition) is 6. The normalized spacial score (nSPS) is 13.6. The fourth-order valence-electron chi connectivity index (χ4n) is 3.31. The molecule has 2 aromatic rings. The molecule has 1 heterocycles. The van der Waals surface area contributed by atoms with Gasteiger partial charge in [0.05, 0.1) is 13.5 Å². The van der Waals surface area contributed by atoms with Crippen molar-refractivity contribution in [2.75, 3.05) is 44.8 Å². The summed E-state index contributed by atoms with van der Waals surface area (Å²) in [7, 11) is 1.62. The van der Waals surface area contributed by atoms with Gasteiger partial charge in [0.2, 0.25) is 0 Å². The van der Waals surface area contributed by atoms with Crippen molar-refractivity contribution >= 4 is 23.3 Å². The maximum atomic E-state index is 12.9. The smallest absolute Gasteiger partial charge is 0.306 e. The molecule has 164 valence electrons. The van der Waals surface area contributed by atoms with E-state index in [1.165, 1.54) is 24.3 Å². The topological polar surface area (TPSA) is 76.2 Å². The van der Waals surface area contributed by atoms with Crippen LogP contribution in [-0.2, 0) is 14.3 Å². The number of carbonyl (C=O) groups is 3. The molecule has 3 rings (SSSR count). The molecule has 1 amide bonds. The van der Waals surface area contributed by atoms with Gasteiger partial charge < -0.3 is 19.3 Å². The summed E-state index contributed by atoms with van der Waals surface area (Å²) in [5, 5.41) is 0. The molecule has 1 saturated heterocycles. The zero-order valence-corrected chi connectivity index (χ0v) is 17.4. The van der Waals surface area contributed by atoms with Gasteiger partial charge >= 0.3 is 5.97 Å². The van der Waals surface area contributed by atoms with Crippen molar-refractivity contribution in [2.45, 2.75) is 12.8 Å². The third-order valence-corrected chi connectivity index (χ3v) is 5.15. The fourth-order valence-corrected chi connectivity index (χ4v) is 3.31. The van der Waals surface area contributed by atoms with Gasteiger partial charge in [0.15, 0.2) is 12.4 Å². The summed E-state index contributed by atoms with van der Waals surface area (Å²) in [4.78, 5) is 40.1. The van der Waals surface area contributed by atoms with Crippen LogP contribution >= 0.6 is 0 Å². The zero-order chi connectivity index (χ0) is 22.2. The van der Waals surface area contributed by atoms with Crippen LogP contribution in [0.5, 0.6) is 5.75 Å². The van der Waals surface area contributed by atoms with E-state index in [1.807, 2.05) is 24.3 Å². The quantitative estimate of drug-likeness (QED) is 0.475. The van der Waals surface area contributed by atoms with Gasteiger partial charge in [-0.25, -0.2) is 4.39 Å². The average molecular weight is 428 g/mol. The number of hydrogen-bond donors (Lipinski definition) is 0. The van der Waals surface area contributed by atoms with Gasteiger partial charge in [-0.2, -0.15) is 0 Å². The zero-order valence-electron chi connectivity index (χ0n) is 17.4. The molecule has 1 aliphatic heterocycles. The molecule has 0 radical (unpaired) electrons. The second-order valence-electron chi connectivity index (χ2n) is 7.16. The molecule has 2 aromatic carbocycles. The Kier molecular flexibility index (Phi) is 7.59. The van der Waals surface area contributed by atoms with Crippen molar-refractivity contribution < 1.29 is 28.2 Å². The van der Waals surface area contributed by atoms with E-state index in [0.29, 0.717) is 31.7 Å². The van der Waals surface area contributed by atoms with Gasteiger partial charge in [0.1, 0.15) is 11.6 Å². The van der Waals surface area contributed by atoms with Crippen molar-refractivity contribution in [2.24, 2.45) is 0 Å². The first-order valence-electron chi connectivity index (χ1n) is 10.1. The van der Waals surface area contributed by atoms with Crippen LogP contribution in [0.1, 0.15) is 23.2 Å².